The fourth-order valence-electron chi connectivity index (χ4n) is 2.72. The molecule has 2 heterocycles. The minimum Gasteiger partial charge on any atom is -0.549 e. The van der Waals surface area contributed by atoms with E-state index in [4.69, 9.17) is 0 Å². The van der Waals surface area contributed by atoms with Gasteiger partial charge in [0.15, 0.2) is 0 Å². The molecular formula is C17H15N2O3S-. The van der Waals surface area contributed by atoms with Gasteiger partial charge in [0.25, 0.3) is 5.56 Å². The topological polar surface area (TPSA) is 85.9 Å². The van der Waals surface area contributed by atoms with Crippen molar-refractivity contribution in [1.82, 2.24) is 9.97 Å². The van der Waals surface area contributed by atoms with Crippen molar-refractivity contribution in [2.75, 3.05) is 0 Å². The van der Waals surface area contributed by atoms with Crippen LogP contribution < -0.4 is 10.7 Å². The summed E-state index contributed by atoms with van der Waals surface area (Å²) in [4.78, 5) is 32.3. The lowest BCUT2D eigenvalue weighted by Gasteiger charge is -2.14. The van der Waals surface area contributed by atoms with Gasteiger partial charge in [0.05, 0.1) is 17.3 Å². The van der Waals surface area contributed by atoms with Gasteiger partial charge in [-0.1, -0.05) is 37.3 Å². The number of carbonyl (C=O) groups is 1. The Morgan fingerprint density at radius 3 is 2.65 bits per heavy atom. The van der Waals surface area contributed by atoms with Crippen LogP contribution in [0.5, 0.6) is 0 Å². The summed E-state index contributed by atoms with van der Waals surface area (Å²) in [5.41, 5.74) is 1.49. The number of nitrogens with one attached hydrogen (secondary N) is 1. The third-order valence-electron chi connectivity index (χ3n) is 3.84. The zero-order valence-corrected chi connectivity index (χ0v) is 13.6. The van der Waals surface area contributed by atoms with Gasteiger partial charge in [-0.2, -0.15) is 0 Å². The van der Waals surface area contributed by atoms with Gasteiger partial charge >= 0.3 is 0 Å². The molecule has 1 aromatic carbocycles. The van der Waals surface area contributed by atoms with Crippen LogP contribution in [0.1, 0.15) is 30.0 Å². The van der Waals surface area contributed by atoms with Gasteiger partial charge < -0.3 is 14.9 Å². The molecule has 1 unspecified atom stereocenters. The molecule has 0 bridgehead atoms. The zero-order chi connectivity index (χ0) is 16.6. The first-order chi connectivity index (χ1) is 11.0. The first-order valence-corrected chi connectivity index (χ1v) is 8.14. The lowest BCUT2D eigenvalue weighted by atomic mass is 10.0. The molecule has 2 aromatic heterocycles. The highest BCUT2D eigenvalue weighted by Gasteiger charge is 2.20. The Hall–Kier alpha value is -2.47. The normalized spacial score (nSPS) is 12.4. The molecule has 1 atom stereocenters. The van der Waals surface area contributed by atoms with Crippen LogP contribution in [0, 0.1) is 6.92 Å². The number of benzene rings is 1. The second kappa shape index (κ2) is 5.96. The van der Waals surface area contributed by atoms with E-state index in [2.05, 4.69) is 9.97 Å². The van der Waals surface area contributed by atoms with Crippen molar-refractivity contribution in [2.45, 2.75) is 26.2 Å². The highest BCUT2D eigenvalue weighted by molar-refractivity contribution is 7.19. The number of thiophene rings is 1. The summed E-state index contributed by atoms with van der Waals surface area (Å²) < 4.78 is 0. The van der Waals surface area contributed by atoms with Crippen LogP contribution >= 0.6 is 11.3 Å². The summed E-state index contributed by atoms with van der Waals surface area (Å²) in [6, 6.07) is 9.63. The molecule has 3 rings (SSSR count). The summed E-state index contributed by atoms with van der Waals surface area (Å²) in [5, 5.41) is 11.7. The second-order valence-corrected chi connectivity index (χ2v) is 6.51. The molecule has 0 spiro atoms. The lowest BCUT2D eigenvalue weighted by molar-refractivity contribution is -0.308. The molecule has 3 aromatic rings. The molecule has 1 N–H and O–H groups in total. The van der Waals surface area contributed by atoms with E-state index in [0.29, 0.717) is 16.6 Å². The molecule has 23 heavy (non-hydrogen) atoms. The quantitative estimate of drug-likeness (QED) is 0.796. The SMILES string of the molecule is CCC(C(=O)[O-])c1nc2sc(C)c(-c3ccccc3)c2c(=O)[nH]1. The molecule has 5 nitrogen and oxygen atoms in total. The fraction of sp³-hybridized carbons (Fsp3) is 0.235. The Morgan fingerprint density at radius 2 is 2.04 bits per heavy atom. The molecule has 0 aliphatic heterocycles. The van der Waals surface area contributed by atoms with Gasteiger partial charge in [-0.15, -0.1) is 11.3 Å². The number of aromatic amines is 1. The molecule has 0 aliphatic rings. The van der Waals surface area contributed by atoms with Crippen molar-refractivity contribution in [2.24, 2.45) is 0 Å². The Kier molecular flexibility index (Phi) is 4.00. The van der Waals surface area contributed by atoms with Crippen molar-refractivity contribution in [3.05, 3.63) is 51.4 Å². The van der Waals surface area contributed by atoms with E-state index >= 15 is 0 Å². The minimum atomic E-state index is -1.23. The van der Waals surface area contributed by atoms with Gasteiger partial charge in [0, 0.05) is 10.4 Å². The maximum absolute atomic E-state index is 12.5. The third kappa shape index (κ3) is 2.66. The summed E-state index contributed by atoms with van der Waals surface area (Å²) in [5.74, 6) is -1.98. The predicted molar refractivity (Wildman–Crippen MR) is 88.5 cm³/mol. The molecule has 118 valence electrons. The number of carboxylic acid groups (broad SMARTS) is 1. The highest BCUT2D eigenvalue weighted by Crippen LogP contribution is 2.35. The molecule has 0 saturated heterocycles. The molecular weight excluding hydrogens is 312 g/mol. The Labute approximate surface area is 136 Å². The van der Waals surface area contributed by atoms with E-state index < -0.39 is 11.9 Å². The number of carboxylic acids is 1. The molecule has 0 amide bonds. The van der Waals surface area contributed by atoms with Crippen LogP contribution in [0.3, 0.4) is 0 Å². The zero-order valence-electron chi connectivity index (χ0n) is 12.8. The summed E-state index contributed by atoms with van der Waals surface area (Å²) >= 11 is 1.40. The largest absolute Gasteiger partial charge is 0.549 e. The van der Waals surface area contributed by atoms with Crippen molar-refractivity contribution in [1.29, 1.82) is 0 Å². The highest BCUT2D eigenvalue weighted by atomic mass is 32.1. The fourth-order valence-corrected chi connectivity index (χ4v) is 3.78. The Morgan fingerprint density at radius 1 is 1.35 bits per heavy atom. The van der Waals surface area contributed by atoms with E-state index in [1.807, 2.05) is 37.3 Å². The first-order valence-electron chi connectivity index (χ1n) is 7.32. The van der Waals surface area contributed by atoms with Crippen molar-refractivity contribution in [3.63, 3.8) is 0 Å². The number of aliphatic carboxylic acids is 1. The smallest absolute Gasteiger partial charge is 0.260 e. The summed E-state index contributed by atoms with van der Waals surface area (Å²) in [6.45, 7) is 3.66. The van der Waals surface area contributed by atoms with Crippen molar-refractivity contribution < 1.29 is 9.90 Å². The minimum absolute atomic E-state index is 0.158. The average molecular weight is 327 g/mol. The van der Waals surface area contributed by atoms with Crippen LogP contribution in [0.4, 0.5) is 0 Å². The first kappa shape index (κ1) is 15.4. The third-order valence-corrected chi connectivity index (χ3v) is 4.84. The van der Waals surface area contributed by atoms with Crippen LogP contribution in [0.2, 0.25) is 0 Å². The van der Waals surface area contributed by atoms with E-state index in [1.54, 1.807) is 6.92 Å². The van der Waals surface area contributed by atoms with Gasteiger partial charge in [0.1, 0.15) is 10.7 Å². The second-order valence-electron chi connectivity index (χ2n) is 5.31. The number of hydrogen-bond donors (Lipinski definition) is 1. The van der Waals surface area contributed by atoms with Crippen LogP contribution in [0.25, 0.3) is 21.3 Å². The van der Waals surface area contributed by atoms with E-state index in [9.17, 15) is 14.7 Å². The number of H-pyrrole nitrogens is 1. The number of aromatic nitrogens is 2. The van der Waals surface area contributed by atoms with Crippen molar-refractivity contribution in [3.8, 4) is 11.1 Å². The number of fused-ring (bicyclic) bond motifs is 1. The standard InChI is InChI=1S/C17H16N2O3S/c1-3-11(17(21)22)14-18-15(20)13-12(9(2)23-16(13)19-14)10-7-5-4-6-8-10/h4-8,11H,3H2,1-2H3,(H,21,22)(H,18,19,20)/p-1. The van der Waals surface area contributed by atoms with Crippen LogP contribution in [-0.2, 0) is 4.79 Å². The predicted octanol–water partition coefficient (Wildman–Crippen LogP) is 2.20. The Balaban J connectivity index is 2.26. The molecule has 6 heteroatoms. The van der Waals surface area contributed by atoms with Gasteiger partial charge in [-0.3, -0.25) is 4.79 Å². The van der Waals surface area contributed by atoms with Crippen LogP contribution in [0.15, 0.2) is 35.1 Å². The number of rotatable bonds is 4. The molecule has 0 aliphatic carbocycles. The van der Waals surface area contributed by atoms with E-state index in [-0.39, 0.29) is 11.4 Å². The van der Waals surface area contributed by atoms with E-state index in [1.165, 1.54) is 11.3 Å². The maximum atomic E-state index is 12.5. The maximum Gasteiger partial charge on any atom is 0.260 e. The number of carbonyl (C=O) groups excluding carboxylic acids is 1. The number of hydrogen-bond acceptors (Lipinski definition) is 5. The summed E-state index contributed by atoms with van der Waals surface area (Å²) in [7, 11) is 0. The monoisotopic (exact) mass is 327 g/mol. The van der Waals surface area contributed by atoms with Crippen LogP contribution in [-0.4, -0.2) is 15.9 Å². The van der Waals surface area contributed by atoms with Crippen molar-refractivity contribution >= 4 is 27.5 Å². The number of nitrogens with zero attached hydrogens (tertiary/aromatic N) is 1. The molecule has 0 saturated carbocycles. The van der Waals surface area contributed by atoms with E-state index in [0.717, 1.165) is 16.0 Å². The average Bonchev–Trinajstić information content (AvgIpc) is 2.85. The summed E-state index contributed by atoms with van der Waals surface area (Å²) in [6.07, 6.45) is 0.312. The van der Waals surface area contributed by atoms with Gasteiger partial charge in [-0.25, -0.2) is 4.98 Å². The Bertz CT molecular complexity index is 928. The molecule has 0 fully saturated rings. The number of aryl methyl sites for hydroxylation is 1. The van der Waals surface area contributed by atoms with Gasteiger partial charge in [0.2, 0.25) is 0 Å². The molecule has 0 radical (unpaired) electrons. The lowest BCUT2D eigenvalue weighted by Crippen LogP contribution is -2.31. The van der Waals surface area contributed by atoms with Gasteiger partial charge in [-0.05, 0) is 18.9 Å².